The van der Waals surface area contributed by atoms with Gasteiger partial charge in [-0.05, 0) is 12.1 Å². The van der Waals surface area contributed by atoms with E-state index in [0.29, 0.717) is 5.56 Å². The van der Waals surface area contributed by atoms with Crippen molar-refractivity contribution in [3.8, 4) is 0 Å². The first kappa shape index (κ1) is 14.0. The van der Waals surface area contributed by atoms with Gasteiger partial charge in [0.2, 0.25) is 0 Å². The first-order chi connectivity index (χ1) is 9.09. The van der Waals surface area contributed by atoms with Crippen LogP contribution in [0.4, 0.5) is 0 Å². The Hall–Kier alpha value is -1.47. The van der Waals surface area contributed by atoms with Gasteiger partial charge in [-0.2, -0.15) is 0 Å². The normalized spacial score (nSPS) is 28.1. The molecule has 1 aliphatic rings. The summed E-state index contributed by atoms with van der Waals surface area (Å²) in [4.78, 5) is 11.6. The number of benzene rings is 1. The lowest BCUT2D eigenvalue weighted by atomic mass is 10.1. The molecule has 1 aromatic carbocycles. The van der Waals surface area contributed by atoms with Gasteiger partial charge in [0.25, 0.3) is 0 Å². The van der Waals surface area contributed by atoms with E-state index in [2.05, 4.69) is 0 Å². The van der Waals surface area contributed by atoms with Crippen LogP contribution in [0.1, 0.15) is 10.4 Å². The molecule has 0 aliphatic carbocycles. The molecule has 4 unspecified atom stereocenters. The third-order valence-electron chi connectivity index (χ3n) is 2.96. The van der Waals surface area contributed by atoms with Crippen LogP contribution in [0.5, 0.6) is 0 Å². The first-order valence-electron chi connectivity index (χ1n) is 5.97. The number of hydrogen-bond donors (Lipinski definition) is 3. The highest BCUT2D eigenvalue weighted by atomic mass is 16.6. The molecular formula is C13H16O6. The Morgan fingerprint density at radius 1 is 1.37 bits per heavy atom. The number of esters is 1. The van der Waals surface area contributed by atoms with Crippen LogP contribution >= 0.6 is 0 Å². The quantitative estimate of drug-likeness (QED) is 0.626. The van der Waals surface area contributed by atoms with Crippen LogP contribution in [0, 0.1) is 0 Å². The van der Waals surface area contributed by atoms with Gasteiger partial charge in [-0.1, -0.05) is 18.2 Å². The van der Waals surface area contributed by atoms with Crippen molar-refractivity contribution in [2.45, 2.75) is 24.4 Å². The van der Waals surface area contributed by atoms with Crippen molar-refractivity contribution in [1.82, 2.24) is 0 Å². The minimum atomic E-state index is -1.18. The van der Waals surface area contributed by atoms with Crippen LogP contribution in [0.25, 0.3) is 0 Å². The molecule has 6 nitrogen and oxygen atoms in total. The lowest BCUT2D eigenvalue weighted by molar-refractivity contribution is -0.0726. The molecule has 0 saturated carbocycles. The van der Waals surface area contributed by atoms with Crippen LogP contribution in [-0.4, -0.2) is 58.9 Å². The van der Waals surface area contributed by atoms with E-state index < -0.39 is 30.4 Å². The van der Waals surface area contributed by atoms with E-state index in [1.807, 2.05) is 0 Å². The van der Waals surface area contributed by atoms with Gasteiger partial charge in [-0.25, -0.2) is 4.79 Å². The Kier molecular flexibility index (Phi) is 4.49. The molecule has 1 aromatic rings. The summed E-state index contributed by atoms with van der Waals surface area (Å²) in [5.74, 6) is -0.562. The Labute approximate surface area is 110 Å². The number of carbonyl (C=O) groups is 1. The predicted octanol–water partition coefficient (Wildman–Crippen LogP) is -0.675. The molecule has 6 heteroatoms. The van der Waals surface area contributed by atoms with Crippen molar-refractivity contribution in [2.75, 3.05) is 13.2 Å². The van der Waals surface area contributed by atoms with Gasteiger partial charge in [0.1, 0.15) is 31.0 Å². The maximum absolute atomic E-state index is 11.6. The zero-order valence-corrected chi connectivity index (χ0v) is 10.2. The van der Waals surface area contributed by atoms with Gasteiger partial charge in [-0.3, -0.25) is 0 Å². The van der Waals surface area contributed by atoms with Gasteiger partial charge in [0, 0.05) is 0 Å². The lowest BCUT2D eigenvalue weighted by Gasteiger charge is -2.20. The summed E-state index contributed by atoms with van der Waals surface area (Å²) in [6.07, 6.45) is -4.33. The van der Waals surface area contributed by atoms with Crippen LogP contribution < -0.4 is 0 Å². The van der Waals surface area contributed by atoms with Crippen molar-refractivity contribution in [3.63, 3.8) is 0 Å². The van der Waals surface area contributed by atoms with E-state index in [1.165, 1.54) is 0 Å². The Morgan fingerprint density at radius 3 is 2.63 bits per heavy atom. The topological polar surface area (TPSA) is 96.2 Å². The van der Waals surface area contributed by atoms with Crippen LogP contribution in [0.2, 0.25) is 0 Å². The Morgan fingerprint density at radius 2 is 2.05 bits per heavy atom. The fourth-order valence-corrected chi connectivity index (χ4v) is 1.88. The van der Waals surface area contributed by atoms with Gasteiger partial charge in [0.05, 0.1) is 12.2 Å². The molecule has 3 N–H and O–H groups in total. The molecular weight excluding hydrogens is 252 g/mol. The smallest absolute Gasteiger partial charge is 0.338 e. The zero-order chi connectivity index (χ0) is 13.8. The van der Waals surface area contributed by atoms with Crippen LogP contribution in [-0.2, 0) is 9.47 Å². The second-order valence-corrected chi connectivity index (χ2v) is 4.39. The maximum Gasteiger partial charge on any atom is 0.338 e. The number of ether oxygens (including phenoxy) is 2. The molecule has 1 saturated heterocycles. The van der Waals surface area contributed by atoms with Crippen molar-refractivity contribution in [2.24, 2.45) is 0 Å². The largest absolute Gasteiger partial charge is 0.459 e. The van der Waals surface area contributed by atoms with Crippen molar-refractivity contribution in [1.29, 1.82) is 0 Å². The fraction of sp³-hybridized carbons (Fsp3) is 0.462. The Bertz CT molecular complexity index is 420. The summed E-state index contributed by atoms with van der Waals surface area (Å²) in [7, 11) is 0. The van der Waals surface area contributed by atoms with Crippen molar-refractivity contribution < 1.29 is 29.6 Å². The molecule has 104 valence electrons. The molecule has 0 aromatic heterocycles. The molecule has 0 bridgehead atoms. The standard InChI is InChI=1S/C13H16O6/c14-9-6-18-12(11(9)16)10(15)7-19-13(17)8-4-2-1-3-5-8/h1-5,9-12,14-16H,6-7H2. The number of rotatable bonds is 4. The van der Waals surface area contributed by atoms with Crippen molar-refractivity contribution >= 4 is 5.97 Å². The molecule has 0 spiro atoms. The zero-order valence-electron chi connectivity index (χ0n) is 10.2. The summed E-state index contributed by atoms with van der Waals surface area (Å²) in [6.45, 7) is -0.350. The average Bonchev–Trinajstić information content (AvgIpc) is 2.77. The van der Waals surface area contributed by atoms with Gasteiger partial charge >= 0.3 is 5.97 Å². The van der Waals surface area contributed by atoms with E-state index in [9.17, 15) is 20.1 Å². The number of aliphatic hydroxyl groups excluding tert-OH is 3. The summed E-state index contributed by atoms with van der Waals surface area (Å²) in [6, 6.07) is 8.37. The number of hydrogen-bond acceptors (Lipinski definition) is 6. The molecule has 2 rings (SSSR count). The first-order valence-corrected chi connectivity index (χ1v) is 5.97. The molecule has 0 radical (unpaired) electrons. The van der Waals surface area contributed by atoms with Gasteiger partial charge in [0.15, 0.2) is 0 Å². The predicted molar refractivity (Wildman–Crippen MR) is 64.5 cm³/mol. The molecule has 1 aliphatic heterocycles. The second-order valence-electron chi connectivity index (χ2n) is 4.39. The Balaban J connectivity index is 1.84. The van der Waals surface area contributed by atoms with E-state index in [-0.39, 0.29) is 13.2 Å². The van der Waals surface area contributed by atoms with E-state index in [1.54, 1.807) is 30.3 Å². The SMILES string of the molecule is O=C(OCC(O)C1OCC(O)C1O)c1ccccc1. The fourth-order valence-electron chi connectivity index (χ4n) is 1.88. The highest BCUT2D eigenvalue weighted by molar-refractivity contribution is 5.89. The van der Waals surface area contributed by atoms with Crippen LogP contribution in [0.3, 0.4) is 0 Å². The van der Waals surface area contributed by atoms with E-state index in [0.717, 1.165) is 0 Å². The third kappa shape index (κ3) is 3.30. The molecule has 4 atom stereocenters. The molecule has 19 heavy (non-hydrogen) atoms. The van der Waals surface area contributed by atoms with E-state index >= 15 is 0 Å². The minimum absolute atomic E-state index is 0.0461. The summed E-state index contributed by atoms with van der Waals surface area (Å²) < 4.78 is 9.96. The van der Waals surface area contributed by atoms with Crippen molar-refractivity contribution in [3.05, 3.63) is 35.9 Å². The third-order valence-corrected chi connectivity index (χ3v) is 2.96. The molecule has 0 amide bonds. The summed E-state index contributed by atoms with van der Waals surface area (Å²) in [5, 5.41) is 28.6. The average molecular weight is 268 g/mol. The highest BCUT2D eigenvalue weighted by Gasteiger charge is 2.39. The van der Waals surface area contributed by atoms with Gasteiger partial charge < -0.3 is 24.8 Å². The van der Waals surface area contributed by atoms with E-state index in [4.69, 9.17) is 9.47 Å². The second kappa shape index (κ2) is 6.12. The molecule has 1 fully saturated rings. The van der Waals surface area contributed by atoms with Crippen LogP contribution in [0.15, 0.2) is 30.3 Å². The number of carbonyl (C=O) groups excluding carboxylic acids is 1. The summed E-state index contributed by atoms with van der Waals surface area (Å²) >= 11 is 0. The number of aliphatic hydroxyl groups is 3. The monoisotopic (exact) mass is 268 g/mol. The lowest BCUT2D eigenvalue weighted by Crippen LogP contribution is -2.41. The van der Waals surface area contributed by atoms with Gasteiger partial charge in [-0.15, -0.1) is 0 Å². The molecule has 1 heterocycles. The highest BCUT2D eigenvalue weighted by Crippen LogP contribution is 2.18. The minimum Gasteiger partial charge on any atom is -0.459 e. The maximum atomic E-state index is 11.6. The summed E-state index contributed by atoms with van der Waals surface area (Å²) in [5.41, 5.74) is 0.377.